The van der Waals surface area contributed by atoms with Crippen molar-refractivity contribution in [2.24, 2.45) is 0 Å². The number of nitrogens with zero attached hydrogens (tertiary/aromatic N) is 2. The van der Waals surface area contributed by atoms with Crippen molar-refractivity contribution in [2.45, 2.75) is 0 Å². The van der Waals surface area contributed by atoms with Gasteiger partial charge >= 0.3 is 12.0 Å². The Bertz CT molecular complexity index is 1050. The first kappa shape index (κ1) is 20.7. The third kappa shape index (κ3) is 4.69. The lowest BCUT2D eigenvalue weighted by Crippen LogP contribution is -2.14. The van der Waals surface area contributed by atoms with Crippen molar-refractivity contribution >= 4 is 11.5 Å². The molecule has 1 N–H and O–H groups in total. The fourth-order valence-electron chi connectivity index (χ4n) is 2.65. The number of carbonyl (C=O) groups is 1. The highest BCUT2D eigenvalue weighted by Gasteiger charge is 2.23. The van der Waals surface area contributed by atoms with E-state index in [0.717, 1.165) is 12.1 Å². The van der Waals surface area contributed by atoms with Crippen molar-refractivity contribution in [1.82, 2.24) is 9.97 Å². The highest BCUT2D eigenvalue weighted by Crippen LogP contribution is 2.30. The number of carboxylic acid groups (broad SMARTS) is 1. The molecular formula is C21H16F2N2O5. The topological polar surface area (TPSA) is 90.8 Å². The maximum atomic E-state index is 13.9. The van der Waals surface area contributed by atoms with Crippen LogP contribution in [0.25, 0.3) is 5.57 Å². The summed E-state index contributed by atoms with van der Waals surface area (Å²) in [7, 11) is 2.70. The number of hydrogen-bond acceptors (Lipinski definition) is 6. The molecule has 0 bridgehead atoms. The second-order valence-electron chi connectivity index (χ2n) is 5.87. The Morgan fingerprint density at radius 1 is 0.867 bits per heavy atom. The monoisotopic (exact) mass is 414 g/mol. The Balaban J connectivity index is 2.24. The van der Waals surface area contributed by atoms with Gasteiger partial charge in [0.15, 0.2) is 0 Å². The molecule has 0 aliphatic rings. The van der Waals surface area contributed by atoms with Crippen LogP contribution in [0.3, 0.4) is 0 Å². The van der Waals surface area contributed by atoms with Gasteiger partial charge < -0.3 is 19.3 Å². The second-order valence-corrected chi connectivity index (χ2v) is 5.87. The van der Waals surface area contributed by atoms with Crippen molar-refractivity contribution in [3.8, 4) is 17.8 Å². The van der Waals surface area contributed by atoms with Crippen molar-refractivity contribution in [3.05, 3.63) is 83.1 Å². The summed E-state index contributed by atoms with van der Waals surface area (Å²) in [6.45, 7) is 0. The number of ether oxygens (including phenoxy) is 3. The number of benzene rings is 2. The third-order valence-corrected chi connectivity index (χ3v) is 3.92. The van der Waals surface area contributed by atoms with Gasteiger partial charge in [0.25, 0.3) is 0 Å². The van der Waals surface area contributed by atoms with Gasteiger partial charge in [0.1, 0.15) is 11.6 Å². The summed E-state index contributed by atoms with van der Waals surface area (Å²) < 4.78 is 43.3. The molecule has 0 aliphatic carbocycles. The molecule has 0 saturated heterocycles. The molecule has 3 aromatic rings. The number of methoxy groups -OCH3 is 2. The zero-order valence-electron chi connectivity index (χ0n) is 15.9. The van der Waals surface area contributed by atoms with Crippen LogP contribution in [0.1, 0.15) is 11.1 Å². The Labute approximate surface area is 170 Å². The summed E-state index contributed by atoms with van der Waals surface area (Å²) in [4.78, 5) is 20.0. The fraction of sp³-hybridized carbons (Fsp3) is 0.0952. The predicted molar refractivity (Wildman–Crippen MR) is 102 cm³/mol. The molecule has 7 nitrogen and oxygen atoms in total. The highest BCUT2D eigenvalue weighted by molar-refractivity contribution is 5.99. The molecule has 0 aliphatic heterocycles. The smallest absolute Gasteiger partial charge is 0.372 e. The minimum atomic E-state index is -1.50. The fourth-order valence-corrected chi connectivity index (χ4v) is 2.65. The van der Waals surface area contributed by atoms with Crippen LogP contribution in [0, 0.1) is 11.6 Å². The normalized spacial score (nSPS) is 10.3. The highest BCUT2D eigenvalue weighted by atomic mass is 19.1. The summed E-state index contributed by atoms with van der Waals surface area (Å²) in [5, 5.41) is 9.83. The number of carboxylic acids is 1. The van der Waals surface area contributed by atoms with Crippen LogP contribution < -0.4 is 14.2 Å². The zero-order chi connectivity index (χ0) is 21.7. The SMILES string of the molecule is COc1cc(OC)nc(OC(C(=O)O)=C(c2cccc(F)c2)c2cccc(F)c2)n1. The van der Waals surface area contributed by atoms with E-state index in [0.29, 0.717) is 0 Å². The maximum Gasteiger partial charge on any atom is 0.372 e. The zero-order valence-corrected chi connectivity index (χ0v) is 15.9. The lowest BCUT2D eigenvalue weighted by atomic mass is 9.96. The molecular weight excluding hydrogens is 398 g/mol. The first-order chi connectivity index (χ1) is 14.4. The summed E-state index contributed by atoms with van der Waals surface area (Å²) in [6.07, 6.45) is 0. The van der Waals surface area contributed by atoms with Crippen LogP contribution in [-0.4, -0.2) is 35.3 Å². The molecule has 3 rings (SSSR count). The minimum Gasteiger partial charge on any atom is -0.481 e. The molecule has 0 unspecified atom stereocenters. The van der Waals surface area contributed by atoms with Crippen molar-refractivity contribution in [1.29, 1.82) is 0 Å². The number of rotatable bonds is 7. The van der Waals surface area contributed by atoms with Gasteiger partial charge in [-0.3, -0.25) is 0 Å². The minimum absolute atomic E-state index is 0.0631. The Morgan fingerprint density at radius 3 is 1.77 bits per heavy atom. The predicted octanol–water partition coefficient (Wildman–Crippen LogP) is 3.70. The third-order valence-electron chi connectivity index (χ3n) is 3.92. The lowest BCUT2D eigenvalue weighted by molar-refractivity contribution is -0.135. The molecule has 0 saturated carbocycles. The molecule has 1 aromatic heterocycles. The maximum absolute atomic E-state index is 13.9. The van der Waals surface area contributed by atoms with E-state index < -0.39 is 23.4 Å². The first-order valence-corrected chi connectivity index (χ1v) is 8.55. The van der Waals surface area contributed by atoms with Gasteiger partial charge in [-0.1, -0.05) is 24.3 Å². The summed E-state index contributed by atoms with van der Waals surface area (Å²) in [5.41, 5.74) is 0.257. The van der Waals surface area contributed by atoms with Gasteiger partial charge in [-0.2, -0.15) is 9.97 Å². The van der Waals surface area contributed by atoms with Crippen LogP contribution in [0.5, 0.6) is 17.8 Å². The van der Waals surface area contributed by atoms with Gasteiger partial charge in [-0.25, -0.2) is 13.6 Å². The molecule has 0 radical (unpaired) electrons. The summed E-state index contributed by atoms with van der Waals surface area (Å²) >= 11 is 0. The first-order valence-electron chi connectivity index (χ1n) is 8.55. The van der Waals surface area contributed by atoms with Gasteiger partial charge in [0, 0.05) is 5.57 Å². The molecule has 30 heavy (non-hydrogen) atoms. The van der Waals surface area contributed by atoms with E-state index in [1.807, 2.05) is 0 Å². The van der Waals surface area contributed by atoms with Crippen molar-refractivity contribution in [2.75, 3.05) is 14.2 Å². The van der Waals surface area contributed by atoms with Crippen LogP contribution in [0.15, 0.2) is 60.4 Å². The van der Waals surface area contributed by atoms with Gasteiger partial charge in [0.2, 0.25) is 17.5 Å². The largest absolute Gasteiger partial charge is 0.481 e. The second kappa shape index (κ2) is 8.99. The van der Waals surface area contributed by atoms with E-state index in [1.165, 1.54) is 56.7 Å². The number of aromatic nitrogens is 2. The van der Waals surface area contributed by atoms with Crippen LogP contribution in [0.2, 0.25) is 0 Å². The van der Waals surface area contributed by atoms with Gasteiger partial charge in [0.05, 0.1) is 20.3 Å². The molecule has 0 fully saturated rings. The Hall–Kier alpha value is -4.01. The quantitative estimate of drug-likeness (QED) is 0.466. The van der Waals surface area contributed by atoms with Crippen molar-refractivity contribution < 1.29 is 32.9 Å². The Morgan fingerprint density at radius 2 is 1.37 bits per heavy atom. The lowest BCUT2D eigenvalue weighted by Gasteiger charge is -2.14. The van der Waals surface area contributed by atoms with Crippen LogP contribution in [0.4, 0.5) is 8.78 Å². The van der Waals surface area contributed by atoms with Gasteiger partial charge in [-0.15, -0.1) is 0 Å². The molecule has 0 atom stereocenters. The van der Waals surface area contributed by atoms with E-state index in [4.69, 9.17) is 14.2 Å². The van der Waals surface area contributed by atoms with E-state index in [9.17, 15) is 18.7 Å². The van der Waals surface area contributed by atoms with E-state index >= 15 is 0 Å². The number of aliphatic carboxylic acids is 1. The van der Waals surface area contributed by atoms with Crippen LogP contribution in [-0.2, 0) is 4.79 Å². The van der Waals surface area contributed by atoms with E-state index in [1.54, 1.807) is 0 Å². The number of hydrogen-bond donors (Lipinski definition) is 1. The molecule has 1 heterocycles. The average Bonchev–Trinajstić information content (AvgIpc) is 2.73. The molecule has 154 valence electrons. The summed E-state index contributed by atoms with van der Waals surface area (Å²) in [5.74, 6) is -3.21. The molecule has 9 heteroatoms. The van der Waals surface area contributed by atoms with E-state index in [2.05, 4.69) is 9.97 Å². The molecule has 0 amide bonds. The molecule has 2 aromatic carbocycles. The standard InChI is InChI=1S/C21H16F2N2O5/c1-28-16-11-17(29-2)25-21(24-16)30-19(20(26)27)18(12-5-3-7-14(22)9-12)13-6-4-8-15(23)10-13/h3-11H,1-2H3,(H,26,27). The van der Waals surface area contributed by atoms with E-state index in [-0.39, 0.29) is 34.5 Å². The molecule has 0 spiro atoms. The van der Waals surface area contributed by atoms with Crippen molar-refractivity contribution in [3.63, 3.8) is 0 Å². The number of halogens is 2. The summed E-state index contributed by atoms with van der Waals surface area (Å²) in [6, 6.07) is 11.4. The Kier molecular flexibility index (Phi) is 6.21. The van der Waals surface area contributed by atoms with Gasteiger partial charge in [-0.05, 0) is 35.4 Å². The van der Waals surface area contributed by atoms with Crippen LogP contribution >= 0.6 is 0 Å². The average molecular weight is 414 g/mol.